The molecule has 0 fully saturated rings. The highest BCUT2D eigenvalue weighted by Gasteiger charge is 2.10. The lowest BCUT2D eigenvalue weighted by Crippen LogP contribution is -2.13. The van der Waals surface area contributed by atoms with Crippen molar-refractivity contribution in [3.05, 3.63) is 83.9 Å². The van der Waals surface area contributed by atoms with E-state index in [0.717, 1.165) is 0 Å². The third kappa shape index (κ3) is 4.16. The predicted octanol–water partition coefficient (Wildman–Crippen LogP) is 4.09. The van der Waals surface area contributed by atoms with Gasteiger partial charge in [-0.25, -0.2) is 4.39 Å². The molecule has 0 aliphatic carbocycles. The molecule has 0 unspecified atom stereocenters. The number of rotatable bonds is 6. The molecule has 6 heteroatoms. The van der Waals surface area contributed by atoms with Crippen LogP contribution in [0.25, 0.3) is 0 Å². The number of halogens is 1. The van der Waals surface area contributed by atoms with Gasteiger partial charge in [-0.3, -0.25) is 9.78 Å². The molecule has 0 spiro atoms. The van der Waals surface area contributed by atoms with E-state index in [2.05, 4.69) is 15.6 Å². The Balaban J connectivity index is 1.70. The van der Waals surface area contributed by atoms with Gasteiger partial charge in [-0.05, 0) is 24.3 Å². The van der Waals surface area contributed by atoms with E-state index in [4.69, 9.17) is 4.74 Å². The first kappa shape index (κ1) is 17.4. The van der Waals surface area contributed by atoms with Crippen LogP contribution >= 0.6 is 0 Å². The van der Waals surface area contributed by atoms with E-state index >= 15 is 0 Å². The fourth-order valence-corrected chi connectivity index (χ4v) is 2.44. The third-order valence-electron chi connectivity index (χ3n) is 3.80. The fourth-order valence-electron chi connectivity index (χ4n) is 2.44. The van der Waals surface area contributed by atoms with Crippen LogP contribution < -0.4 is 15.4 Å². The van der Waals surface area contributed by atoms with Gasteiger partial charge in [0, 0.05) is 24.5 Å². The molecule has 2 aromatic carbocycles. The lowest BCUT2D eigenvalue weighted by Gasteiger charge is -2.11. The van der Waals surface area contributed by atoms with Gasteiger partial charge in [-0.1, -0.05) is 30.3 Å². The third-order valence-corrected chi connectivity index (χ3v) is 3.80. The molecule has 0 radical (unpaired) electrons. The van der Waals surface area contributed by atoms with Gasteiger partial charge in [0.25, 0.3) is 5.91 Å². The second-order valence-electron chi connectivity index (χ2n) is 5.56. The zero-order chi connectivity index (χ0) is 18.4. The number of hydrogen-bond acceptors (Lipinski definition) is 4. The number of nitrogens with zero attached hydrogens (tertiary/aromatic N) is 1. The zero-order valence-electron chi connectivity index (χ0n) is 14.2. The standard InChI is InChI=1S/C20H18FN3O2/c1-26-19-9-5-4-8-18(19)24-20(25)15-10-16(13-22-11-15)23-12-14-6-2-3-7-17(14)21/h2-11,13,23H,12H2,1H3,(H,24,25). The number of para-hydroxylation sites is 2. The highest BCUT2D eigenvalue weighted by atomic mass is 19.1. The minimum atomic E-state index is -0.309. The summed E-state index contributed by atoms with van der Waals surface area (Å²) in [4.78, 5) is 16.5. The molecule has 0 aliphatic rings. The minimum Gasteiger partial charge on any atom is -0.495 e. The Morgan fingerprint density at radius 2 is 1.88 bits per heavy atom. The number of pyridine rings is 1. The summed E-state index contributed by atoms with van der Waals surface area (Å²) in [6.45, 7) is 0.298. The number of nitrogens with one attached hydrogen (secondary N) is 2. The van der Waals surface area contributed by atoms with Crippen LogP contribution in [-0.4, -0.2) is 18.0 Å². The second-order valence-corrected chi connectivity index (χ2v) is 5.56. The summed E-state index contributed by atoms with van der Waals surface area (Å²) >= 11 is 0. The number of carbonyl (C=O) groups excluding carboxylic acids is 1. The molecule has 0 saturated carbocycles. The number of amides is 1. The van der Waals surface area contributed by atoms with Crippen molar-refractivity contribution in [2.24, 2.45) is 0 Å². The number of anilines is 2. The first-order valence-corrected chi connectivity index (χ1v) is 8.04. The number of ether oxygens (including phenoxy) is 1. The van der Waals surface area contributed by atoms with E-state index in [-0.39, 0.29) is 11.7 Å². The smallest absolute Gasteiger partial charge is 0.257 e. The molecule has 3 rings (SSSR count). The molecular weight excluding hydrogens is 333 g/mol. The van der Waals surface area contributed by atoms with Crippen molar-refractivity contribution >= 4 is 17.3 Å². The van der Waals surface area contributed by atoms with Crippen LogP contribution in [-0.2, 0) is 6.54 Å². The molecule has 1 aromatic heterocycles. The summed E-state index contributed by atoms with van der Waals surface area (Å²) in [5.41, 5.74) is 2.12. The molecule has 26 heavy (non-hydrogen) atoms. The fraction of sp³-hybridized carbons (Fsp3) is 0.100. The van der Waals surface area contributed by atoms with E-state index < -0.39 is 0 Å². The van der Waals surface area contributed by atoms with E-state index in [1.807, 2.05) is 12.1 Å². The Morgan fingerprint density at radius 1 is 1.12 bits per heavy atom. The van der Waals surface area contributed by atoms with Gasteiger partial charge in [0.05, 0.1) is 24.0 Å². The summed E-state index contributed by atoms with van der Waals surface area (Å²) < 4.78 is 18.9. The summed E-state index contributed by atoms with van der Waals surface area (Å²) in [6, 6.07) is 15.3. The van der Waals surface area contributed by atoms with Gasteiger partial charge in [0.1, 0.15) is 11.6 Å². The maximum Gasteiger partial charge on any atom is 0.257 e. The summed E-state index contributed by atoms with van der Waals surface area (Å²) in [7, 11) is 1.54. The molecule has 1 amide bonds. The predicted molar refractivity (Wildman–Crippen MR) is 98.9 cm³/mol. The van der Waals surface area contributed by atoms with Crippen molar-refractivity contribution in [1.29, 1.82) is 0 Å². The van der Waals surface area contributed by atoms with Crippen LogP contribution in [0.5, 0.6) is 5.75 Å². The van der Waals surface area contributed by atoms with Crippen LogP contribution in [0.4, 0.5) is 15.8 Å². The van der Waals surface area contributed by atoms with Crippen molar-refractivity contribution in [3.63, 3.8) is 0 Å². The van der Waals surface area contributed by atoms with Crippen LogP contribution in [0, 0.1) is 5.82 Å². The average molecular weight is 351 g/mol. The molecular formula is C20H18FN3O2. The van der Waals surface area contributed by atoms with Gasteiger partial charge >= 0.3 is 0 Å². The topological polar surface area (TPSA) is 63.2 Å². The van der Waals surface area contributed by atoms with Gasteiger partial charge in [0.15, 0.2) is 0 Å². The number of hydrogen-bond donors (Lipinski definition) is 2. The van der Waals surface area contributed by atoms with Crippen LogP contribution in [0.1, 0.15) is 15.9 Å². The van der Waals surface area contributed by atoms with Crippen molar-refractivity contribution in [3.8, 4) is 5.75 Å². The molecule has 0 atom stereocenters. The summed E-state index contributed by atoms with van der Waals surface area (Å²) in [5.74, 6) is -0.0165. The van der Waals surface area contributed by atoms with E-state index in [1.165, 1.54) is 12.3 Å². The lowest BCUT2D eigenvalue weighted by atomic mass is 10.2. The number of methoxy groups -OCH3 is 1. The summed E-state index contributed by atoms with van der Waals surface area (Å²) in [6.07, 6.45) is 3.06. The Hall–Kier alpha value is -3.41. The minimum absolute atomic E-state index is 0.280. The monoisotopic (exact) mass is 351 g/mol. The first-order valence-electron chi connectivity index (χ1n) is 8.04. The van der Waals surface area contributed by atoms with Gasteiger partial charge in [-0.2, -0.15) is 0 Å². The SMILES string of the molecule is COc1ccccc1NC(=O)c1cncc(NCc2ccccc2F)c1. The first-order chi connectivity index (χ1) is 12.7. The van der Waals surface area contributed by atoms with Crippen molar-refractivity contribution in [2.45, 2.75) is 6.54 Å². The number of benzene rings is 2. The largest absolute Gasteiger partial charge is 0.495 e. The quantitative estimate of drug-likeness (QED) is 0.702. The van der Waals surface area contributed by atoms with Gasteiger partial charge < -0.3 is 15.4 Å². The van der Waals surface area contributed by atoms with E-state index in [0.29, 0.717) is 34.8 Å². The Labute approximate surface area is 150 Å². The molecule has 132 valence electrons. The Bertz CT molecular complexity index is 915. The zero-order valence-corrected chi connectivity index (χ0v) is 14.2. The molecule has 3 aromatic rings. The highest BCUT2D eigenvalue weighted by Crippen LogP contribution is 2.24. The maximum absolute atomic E-state index is 13.7. The lowest BCUT2D eigenvalue weighted by molar-refractivity contribution is 0.102. The van der Waals surface area contributed by atoms with Gasteiger partial charge in [-0.15, -0.1) is 0 Å². The van der Waals surface area contributed by atoms with Crippen LogP contribution in [0.3, 0.4) is 0 Å². The molecule has 0 saturated heterocycles. The number of aromatic nitrogens is 1. The Morgan fingerprint density at radius 3 is 2.69 bits per heavy atom. The normalized spacial score (nSPS) is 10.2. The van der Waals surface area contributed by atoms with Crippen LogP contribution in [0.15, 0.2) is 67.0 Å². The maximum atomic E-state index is 13.7. The molecule has 0 bridgehead atoms. The molecule has 1 heterocycles. The van der Waals surface area contributed by atoms with E-state index in [9.17, 15) is 9.18 Å². The van der Waals surface area contributed by atoms with Crippen molar-refractivity contribution < 1.29 is 13.9 Å². The second kappa shape index (κ2) is 8.11. The van der Waals surface area contributed by atoms with Crippen LogP contribution in [0.2, 0.25) is 0 Å². The molecule has 2 N–H and O–H groups in total. The number of carbonyl (C=O) groups is 1. The molecule has 5 nitrogen and oxygen atoms in total. The van der Waals surface area contributed by atoms with Gasteiger partial charge in [0.2, 0.25) is 0 Å². The van der Waals surface area contributed by atoms with Crippen molar-refractivity contribution in [1.82, 2.24) is 4.98 Å². The molecule has 0 aliphatic heterocycles. The summed E-state index contributed by atoms with van der Waals surface area (Å²) in [5, 5.41) is 5.87. The highest BCUT2D eigenvalue weighted by molar-refractivity contribution is 6.05. The Kier molecular flexibility index (Phi) is 5.43. The van der Waals surface area contributed by atoms with Crippen molar-refractivity contribution in [2.75, 3.05) is 17.7 Å². The average Bonchev–Trinajstić information content (AvgIpc) is 2.68. The van der Waals surface area contributed by atoms with E-state index in [1.54, 1.807) is 49.7 Å².